The highest BCUT2D eigenvalue weighted by Gasteiger charge is 2.31. The monoisotopic (exact) mass is 468 g/mol. The SMILES string of the molecule is COC(=O)CC(=O)OC(C=Cc1cnc2ccccc2c1)C1CCN(C(=O)OC(C)(C)C)CC1. The Morgan fingerprint density at radius 2 is 1.85 bits per heavy atom. The van der Waals surface area contributed by atoms with E-state index in [4.69, 9.17) is 9.47 Å². The van der Waals surface area contributed by atoms with Gasteiger partial charge in [0.1, 0.15) is 18.1 Å². The summed E-state index contributed by atoms with van der Waals surface area (Å²) in [6, 6.07) is 9.83. The van der Waals surface area contributed by atoms with Crippen molar-refractivity contribution in [2.45, 2.75) is 51.7 Å². The average molecular weight is 469 g/mol. The summed E-state index contributed by atoms with van der Waals surface area (Å²) in [5, 5.41) is 1.01. The van der Waals surface area contributed by atoms with Gasteiger partial charge in [0.2, 0.25) is 0 Å². The van der Waals surface area contributed by atoms with Crippen molar-refractivity contribution in [1.29, 1.82) is 0 Å². The van der Waals surface area contributed by atoms with Crippen LogP contribution >= 0.6 is 0 Å². The number of pyridine rings is 1. The molecule has 3 rings (SSSR count). The fourth-order valence-electron chi connectivity index (χ4n) is 3.80. The zero-order valence-electron chi connectivity index (χ0n) is 20.2. The van der Waals surface area contributed by atoms with Gasteiger partial charge in [0.25, 0.3) is 0 Å². The molecule has 1 aromatic carbocycles. The molecule has 2 aromatic rings. The molecule has 1 fully saturated rings. The first-order chi connectivity index (χ1) is 16.1. The summed E-state index contributed by atoms with van der Waals surface area (Å²) < 4.78 is 15.7. The van der Waals surface area contributed by atoms with E-state index in [0.29, 0.717) is 25.9 Å². The van der Waals surface area contributed by atoms with Gasteiger partial charge in [0.15, 0.2) is 0 Å². The van der Waals surface area contributed by atoms with Crippen molar-refractivity contribution >= 4 is 35.0 Å². The number of ether oxygens (including phenoxy) is 3. The quantitative estimate of drug-likeness (QED) is 0.353. The number of likely N-dealkylation sites (tertiary alicyclic amines) is 1. The third-order valence-electron chi connectivity index (χ3n) is 5.53. The topological polar surface area (TPSA) is 95.0 Å². The van der Waals surface area contributed by atoms with E-state index in [-0.39, 0.29) is 12.0 Å². The predicted molar refractivity (Wildman–Crippen MR) is 128 cm³/mol. The summed E-state index contributed by atoms with van der Waals surface area (Å²) in [6.45, 7) is 6.49. The second-order valence-corrected chi connectivity index (χ2v) is 9.33. The molecule has 0 saturated carbocycles. The van der Waals surface area contributed by atoms with Crippen LogP contribution in [0.2, 0.25) is 0 Å². The van der Waals surface area contributed by atoms with E-state index in [1.165, 1.54) is 7.11 Å². The number of piperidine rings is 1. The number of hydrogen-bond acceptors (Lipinski definition) is 7. The number of methoxy groups -OCH3 is 1. The summed E-state index contributed by atoms with van der Waals surface area (Å²) >= 11 is 0. The Hall–Kier alpha value is -3.42. The highest BCUT2D eigenvalue weighted by Crippen LogP contribution is 2.26. The summed E-state index contributed by atoms with van der Waals surface area (Å²) in [4.78, 5) is 42.4. The molecule has 8 heteroatoms. The number of aromatic nitrogens is 1. The number of benzene rings is 1. The van der Waals surface area contributed by atoms with Crippen LogP contribution in [-0.4, -0.2) is 59.8 Å². The van der Waals surface area contributed by atoms with Gasteiger partial charge in [0, 0.05) is 30.6 Å². The Balaban J connectivity index is 1.71. The fourth-order valence-corrected chi connectivity index (χ4v) is 3.80. The van der Waals surface area contributed by atoms with E-state index in [1.54, 1.807) is 11.1 Å². The second kappa shape index (κ2) is 11.1. The minimum Gasteiger partial charge on any atom is -0.469 e. The fraction of sp³-hybridized carbons (Fsp3) is 0.462. The number of fused-ring (bicyclic) bond motifs is 1. The van der Waals surface area contributed by atoms with Crippen molar-refractivity contribution in [1.82, 2.24) is 9.88 Å². The van der Waals surface area contributed by atoms with Crippen LogP contribution in [0.1, 0.15) is 45.6 Å². The van der Waals surface area contributed by atoms with Crippen LogP contribution in [0.15, 0.2) is 42.6 Å². The van der Waals surface area contributed by atoms with Crippen LogP contribution in [0.5, 0.6) is 0 Å². The Bertz CT molecular complexity index is 1050. The number of carbonyl (C=O) groups excluding carboxylic acids is 3. The maximum Gasteiger partial charge on any atom is 0.410 e. The minimum absolute atomic E-state index is 0.00931. The molecule has 1 unspecified atom stereocenters. The van der Waals surface area contributed by atoms with E-state index in [2.05, 4.69) is 9.72 Å². The smallest absolute Gasteiger partial charge is 0.410 e. The van der Waals surface area contributed by atoms with Crippen molar-refractivity contribution in [2.24, 2.45) is 5.92 Å². The molecule has 1 amide bonds. The highest BCUT2D eigenvalue weighted by molar-refractivity contribution is 5.91. The molecule has 0 aliphatic carbocycles. The molecule has 0 N–H and O–H groups in total. The van der Waals surface area contributed by atoms with Gasteiger partial charge < -0.3 is 19.1 Å². The summed E-state index contributed by atoms with van der Waals surface area (Å²) in [7, 11) is 1.23. The number of carbonyl (C=O) groups is 3. The largest absolute Gasteiger partial charge is 0.469 e. The Labute approximate surface area is 199 Å². The first-order valence-corrected chi connectivity index (χ1v) is 11.4. The zero-order chi connectivity index (χ0) is 24.7. The van der Waals surface area contributed by atoms with Gasteiger partial charge in [-0.2, -0.15) is 0 Å². The third kappa shape index (κ3) is 7.30. The molecule has 0 radical (unpaired) electrons. The lowest BCUT2D eigenvalue weighted by Crippen LogP contribution is -2.44. The van der Waals surface area contributed by atoms with Crippen LogP contribution in [-0.2, 0) is 23.8 Å². The minimum atomic E-state index is -0.647. The van der Waals surface area contributed by atoms with Crippen molar-refractivity contribution < 1.29 is 28.6 Å². The van der Waals surface area contributed by atoms with Gasteiger partial charge in [-0.05, 0) is 57.4 Å². The van der Waals surface area contributed by atoms with Crippen LogP contribution in [0, 0.1) is 5.92 Å². The number of esters is 2. The van der Waals surface area contributed by atoms with Crippen LogP contribution in [0.4, 0.5) is 4.79 Å². The highest BCUT2D eigenvalue weighted by atomic mass is 16.6. The maximum absolute atomic E-state index is 12.4. The maximum atomic E-state index is 12.4. The molecule has 34 heavy (non-hydrogen) atoms. The zero-order valence-corrected chi connectivity index (χ0v) is 20.2. The number of hydrogen-bond donors (Lipinski definition) is 0. The summed E-state index contributed by atoms with van der Waals surface area (Å²) in [6.07, 6.45) is 5.38. The molecule has 2 heterocycles. The van der Waals surface area contributed by atoms with Gasteiger partial charge in [-0.15, -0.1) is 0 Å². The molecule has 0 bridgehead atoms. The van der Waals surface area contributed by atoms with E-state index in [1.807, 2.05) is 63.3 Å². The van der Waals surface area contributed by atoms with Gasteiger partial charge in [-0.25, -0.2) is 4.79 Å². The van der Waals surface area contributed by atoms with E-state index in [9.17, 15) is 14.4 Å². The number of nitrogens with zero attached hydrogens (tertiary/aromatic N) is 2. The van der Waals surface area contributed by atoms with E-state index >= 15 is 0 Å². The van der Waals surface area contributed by atoms with Crippen molar-refractivity contribution in [3.8, 4) is 0 Å². The van der Waals surface area contributed by atoms with E-state index < -0.39 is 30.1 Å². The first kappa shape index (κ1) is 25.2. The second-order valence-electron chi connectivity index (χ2n) is 9.33. The third-order valence-corrected chi connectivity index (χ3v) is 5.53. The molecule has 8 nitrogen and oxygen atoms in total. The number of rotatable bonds is 6. The van der Waals surface area contributed by atoms with Gasteiger partial charge in [-0.1, -0.05) is 24.3 Å². The molecular formula is C26H32N2O6. The lowest BCUT2D eigenvalue weighted by molar-refractivity contribution is -0.157. The van der Waals surface area contributed by atoms with Gasteiger partial charge in [-0.3, -0.25) is 14.6 Å². The molecule has 1 atom stereocenters. The van der Waals surface area contributed by atoms with E-state index in [0.717, 1.165) is 16.5 Å². The first-order valence-electron chi connectivity index (χ1n) is 11.4. The Morgan fingerprint density at radius 1 is 1.15 bits per heavy atom. The molecule has 182 valence electrons. The Kier molecular flexibility index (Phi) is 8.26. The molecular weight excluding hydrogens is 436 g/mol. The predicted octanol–water partition coefficient (Wildman–Crippen LogP) is 4.37. The summed E-state index contributed by atoms with van der Waals surface area (Å²) in [5.41, 5.74) is 1.21. The normalized spacial score (nSPS) is 15.8. The number of amides is 1. The van der Waals surface area contributed by atoms with Gasteiger partial charge >= 0.3 is 18.0 Å². The van der Waals surface area contributed by atoms with Crippen LogP contribution in [0.3, 0.4) is 0 Å². The number of para-hydroxylation sites is 1. The van der Waals surface area contributed by atoms with Crippen molar-refractivity contribution in [2.75, 3.05) is 20.2 Å². The van der Waals surface area contributed by atoms with Gasteiger partial charge in [0.05, 0.1) is 12.6 Å². The average Bonchev–Trinajstić information content (AvgIpc) is 2.80. The van der Waals surface area contributed by atoms with Crippen LogP contribution in [0.25, 0.3) is 17.0 Å². The molecule has 0 spiro atoms. The molecule has 1 saturated heterocycles. The standard InChI is InChI=1S/C26H32N2O6/c1-26(2,3)34-25(31)28-13-11-19(12-14-28)22(33-24(30)16-23(29)32-4)10-9-18-15-20-7-5-6-8-21(20)27-17-18/h5-10,15,17,19,22H,11-14,16H2,1-4H3. The van der Waals surface area contributed by atoms with Crippen molar-refractivity contribution in [3.63, 3.8) is 0 Å². The molecule has 1 aliphatic heterocycles. The van der Waals surface area contributed by atoms with Crippen molar-refractivity contribution in [3.05, 3.63) is 48.2 Å². The summed E-state index contributed by atoms with van der Waals surface area (Å²) in [5.74, 6) is -1.30. The molecule has 1 aliphatic rings. The lowest BCUT2D eigenvalue weighted by atomic mass is 9.90. The lowest BCUT2D eigenvalue weighted by Gasteiger charge is -2.35. The molecule has 1 aromatic heterocycles. The Morgan fingerprint density at radius 3 is 2.53 bits per heavy atom. The van der Waals surface area contributed by atoms with Crippen LogP contribution < -0.4 is 0 Å².